The summed E-state index contributed by atoms with van der Waals surface area (Å²) in [6.07, 6.45) is 0.695. The van der Waals surface area contributed by atoms with Gasteiger partial charge in [-0.2, -0.15) is 0 Å². The summed E-state index contributed by atoms with van der Waals surface area (Å²) >= 11 is 0. The van der Waals surface area contributed by atoms with Crippen LogP contribution in [0.25, 0.3) is 0 Å². The summed E-state index contributed by atoms with van der Waals surface area (Å²) in [6.45, 7) is 0.314. The normalized spacial score (nSPS) is 22.0. The Morgan fingerprint density at radius 2 is 1.83 bits per heavy atom. The molecule has 0 aromatic heterocycles. The minimum atomic E-state index is -0.991. The molecule has 3 aromatic rings. The van der Waals surface area contributed by atoms with Crippen molar-refractivity contribution in [3.05, 3.63) is 101 Å². The fourth-order valence-corrected chi connectivity index (χ4v) is 4.59. The molecule has 5 rings (SSSR count). The van der Waals surface area contributed by atoms with Crippen LogP contribution in [0.15, 0.2) is 72.8 Å². The van der Waals surface area contributed by atoms with Gasteiger partial charge >= 0.3 is 5.97 Å². The van der Waals surface area contributed by atoms with Crippen molar-refractivity contribution in [3.63, 3.8) is 0 Å². The molecule has 1 N–H and O–H groups in total. The Bertz CT molecular complexity index is 1140. The van der Waals surface area contributed by atoms with Gasteiger partial charge in [0.25, 0.3) is 0 Å². The molecular weight excluding hydrogens is 369 g/mol. The SMILES string of the molecule is O=C(O)c1cccc(CN2C(=O)[C@]3(C[C@@H]3c3ccc(F)cc3)c3ccccc32)c1. The van der Waals surface area contributed by atoms with Crippen molar-refractivity contribution in [1.82, 2.24) is 0 Å². The number of carboxylic acids is 1. The first kappa shape index (κ1) is 17.6. The number of fused-ring (bicyclic) bond motifs is 2. The second-order valence-electron chi connectivity index (χ2n) is 7.69. The smallest absolute Gasteiger partial charge is 0.335 e. The first-order valence-electron chi connectivity index (χ1n) is 9.50. The average molecular weight is 387 g/mol. The van der Waals surface area contributed by atoms with E-state index in [2.05, 4.69) is 0 Å². The molecule has 1 heterocycles. The van der Waals surface area contributed by atoms with E-state index in [0.717, 1.165) is 22.4 Å². The molecule has 1 saturated carbocycles. The number of hydrogen-bond acceptors (Lipinski definition) is 2. The third-order valence-corrected chi connectivity index (χ3v) is 6.05. The van der Waals surface area contributed by atoms with Gasteiger partial charge in [-0.25, -0.2) is 9.18 Å². The fraction of sp³-hybridized carbons (Fsp3) is 0.167. The highest BCUT2D eigenvalue weighted by Gasteiger charge is 2.67. The zero-order valence-electron chi connectivity index (χ0n) is 15.5. The number of carbonyl (C=O) groups is 2. The van der Waals surface area contributed by atoms with Gasteiger partial charge in [-0.1, -0.05) is 42.5 Å². The highest BCUT2D eigenvalue weighted by atomic mass is 19.1. The van der Waals surface area contributed by atoms with Gasteiger partial charge in [0, 0.05) is 11.6 Å². The maximum absolute atomic E-state index is 13.6. The Kier molecular flexibility index (Phi) is 3.81. The van der Waals surface area contributed by atoms with Crippen LogP contribution in [0.3, 0.4) is 0 Å². The maximum Gasteiger partial charge on any atom is 0.335 e. The molecule has 1 aliphatic carbocycles. The van der Waals surface area contributed by atoms with Gasteiger partial charge < -0.3 is 10.0 Å². The van der Waals surface area contributed by atoms with Crippen molar-refractivity contribution in [2.24, 2.45) is 0 Å². The summed E-state index contributed by atoms with van der Waals surface area (Å²) in [4.78, 5) is 26.6. The largest absolute Gasteiger partial charge is 0.478 e. The van der Waals surface area contributed by atoms with Gasteiger partial charge in [0.2, 0.25) is 5.91 Å². The maximum atomic E-state index is 13.6. The van der Waals surface area contributed by atoms with Crippen molar-refractivity contribution in [1.29, 1.82) is 0 Å². The van der Waals surface area contributed by atoms with E-state index in [1.54, 1.807) is 35.2 Å². The Morgan fingerprint density at radius 3 is 2.59 bits per heavy atom. The van der Waals surface area contributed by atoms with E-state index >= 15 is 0 Å². The van der Waals surface area contributed by atoms with Crippen LogP contribution in [-0.4, -0.2) is 17.0 Å². The molecule has 2 atom stereocenters. The zero-order chi connectivity index (χ0) is 20.2. The number of carboxylic acid groups (broad SMARTS) is 1. The average Bonchev–Trinajstić information content (AvgIpc) is 3.44. The third-order valence-electron chi connectivity index (χ3n) is 6.05. The molecule has 2 aliphatic rings. The molecule has 29 heavy (non-hydrogen) atoms. The summed E-state index contributed by atoms with van der Waals surface area (Å²) in [5.41, 5.74) is 3.18. The molecule has 0 bridgehead atoms. The molecule has 144 valence electrons. The lowest BCUT2D eigenvalue weighted by molar-refractivity contribution is -0.120. The summed E-state index contributed by atoms with van der Waals surface area (Å²) in [5, 5.41) is 9.25. The van der Waals surface area contributed by atoms with E-state index in [1.165, 1.54) is 12.1 Å². The lowest BCUT2D eigenvalue weighted by Gasteiger charge is -2.19. The highest BCUT2D eigenvalue weighted by molar-refractivity contribution is 6.11. The number of carbonyl (C=O) groups excluding carboxylic acids is 1. The van der Waals surface area contributed by atoms with Crippen LogP contribution >= 0.6 is 0 Å². The van der Waals surface area contributed by atoms with Gasteiger partial charge in [-0.15, -0.1) is 0 Å². The summed E-state index contributed by atoms with van der Waals surface area (Å²) in [6, 6.07) is 20.8. The first-order chi connectivity index (χ1) is 14.0. The molecule has 1 aliphatic heterocycles. The summed E-state index contributed by atoms with van der Waals surface area (Å²) in [5.74, 6) is -1.24. The Labute approximate surface area is 167 Å². The molecule has 5 heteroatoms. The molecule has 0 saturated heterocycles. The topological polar surface area (TPSA) is 57.6 Å². The number of amides is 1. The van der Waals surface area contributed by atoms with Crippen LogP contribution in [-0.2, 0) is 16.8 Å². The van der Waals surface area contributed by atoms with Crippen LogP contribution < -0.4 is 4.90 Å². The number of rotatable bonds is 4. The Morgan fingerprint density at radius 1 is 1.07 bits per heavy atom. The van der Waals surface area contributed by atoms with Gasteiger partial charge in [0.05, 0.1) is 17.5 Å². The quantitative estimate of drug-likeness (QED) is 0.717. The summed E-state index contributed by atoms with van der Waals surface area (Å²) in [7, 11) is 0. The van der Waals surface area contributed by atoms with Gasteiger partial charge in [-0.3, -0.25) is 4.79 Å². The molecule has 4 nitrogen and oxygen atoms in total. The minimum absolute atomic E-state index is 0.0205. The van der Waals surface area contributed by atoms with Crippen LogP contribution in [0.2, 0.25) is 0 Å². The van der Waals surface area contributed by atoms with E-state index in [4.69, 9.17) is 0 Å². The van der Waals surface area contributed by atoms with Crippen LogP contribution in [0.5, 0.6) is 0 Å². The van der Waals surface area contributed by atoms with Gasteiger partial charge in [-0.05, 0) is 53.4 Å². The van der Waals surface area contributed by atoms with Gasteiger partial charge in [0.15, 0.2) is 0 Å². The number of halogens is 1. The number of para-hydroxylation sites is 1. The van der Waals surface area contributed by atoms with E-state index in [9.17, 15) is 19.1 Å². The van der Waals surface area contributed by atoms with Crippen molar-refractivity contribution >= 4 is 17.6 Å². The minimum Gasteiger partial charge on any atom is -0.478 e. The number of nitrogens with zero attached hydrogens (tertiary/aromatic N) is 1. The van der Waals surface area contributed by atoms with Crippen LogP contribution in [0.4, 0.5) is 10.1 Å². The Hall–Kier alpha value is -3.47. The van der Waals surface area contributed by atoms with E-state index in [1.807, 2.05) is 30.3 Å². The molecule has 0 radical (unpaired) electrons. The number of aromatic carboxylic acids is 1. The predicted octanol–water partition coefficient (Wildman–Crippen LogP) is 4.50. The lowest BCUT2D eigenvalue weighted by Crippen LogP contribution is -2.32. The lowest BCUT2D eigenvalue weighted by atomic mass is 9.92. The van der Waals surface area contributed by atoms with Crippen LogP contribution in [0.1, 0.15) is 39.4 Å². The molecule has 1 fully saturated rings. The van der Waals surface area contributed by atoms with Gasteiger partial charge in [0.1, 0.15) is 5.82 Å². The molecule has 0 unspecified atom stereocenters. The van der Waals surface area contributed by atoms with Crippen molar-refractivity contribution in [2.45, 2.75) is 24.3 Å². The highest BCUT2D eigenvalue weighted by Crippen LogP contribution is 2.66. The Balaban J connectivity index is 1.51. The van der Waals surface area contributed by atoms with Crippen LogP contribution in [0, 0.1) is 5.82 Å². The third kappa shape index (κ3) is 2.65. The second kappa shape index (κ2) is 6.27. The molecule has 1 amide bonds. The second-order valence-corrected chi connectivity index (χ2v) is 7.69. The van der Waals surface area contributed by atoms with Crippen molar-refractivity contribution < 1.29 is 19.1 Å². The number of hydrogen-bond donors (Lipinski definition) is 1. The zero-order valence-corrected chi connectivity index (χ0v) is 15.5. The molecule has 3 aromatic carbocycles. The monoisotopic (exact) mass is 387 g/mol. The molecule has 1 spiro atoms. The first-order valence-corrected chi connectivity index (χ1v) is 9.50. The summed E-state index contributed by atoms with van der Waals surface area (Å²) < 4.78 is 13.3. The predicted molar refractivity (Wildman–Crippen MR) is 106 cm³/mol. The van der Waals surface area contributed by atoms with E-state index in [0.29, 0.717) is 13.0 Å². The molecular formula is C24H18FNO3. The van der Waals surface area contributed by atoms with Crippen molar-refractivity contribution in [3.8, 4) is 0 Å². The van der Waals surface area contributed by atoms with Crippen molar-refractivity contribution in [2.75, 3.05) is 4.90 Å². The standard InChI is InChI=1S/C24H18FNO3/c25-18-10-8-16(9-11-18)20-13-24(20)19-6-1-2-7-21(19)26(23(24)29)14-15-4-3-5-17(12-15)22(27)28/h1-12,20H,13-14H2,(H,27,28)/t20-,24-/m1/s1. The number of anilines is 1. The van der Waals surface area contributed by atoms with E-state index in [-0.39, 0.29) is 23.2 Å². The van der Waals surface area contributed by atoms with E-state index < -0.39 is 11.4 Å². The fourth-order valence-electron chi connectivity index (χ4n) is 4.59. The number of benzene rings is 3.